The van der Waals surface area contributed by atoms with Gasteiger partial charge in [-0.15, -0.1) is 11.3 Å². The molecule has 0 bridgehead atoms. The van der Waals surface area contributed by atoms with Crippen LogP contribution in [0.4, 0.5) is 5.69 Å². The highest BCUT2D eigenvalue weighted by atomic mass is 32.1. The van der Waals surface area contributed by atoms with Crippen molar-refractivity contribution in [2.45, 2.75) is 46.1 Å². The fourth-order valence-corrected chi connectivity index (χ4v) is 4.76. The van der Waals surface area contributed by atoms with Gasteiger partial charge in [-0.2, -0.15) is 0 Å². The maximum absolute atomic E-state index is 5.59. The van der Waals surface area contributed by atoms with E-state index in [-0.39, 0.29) is 6.04 Å². The van der Waals surface area contributed by atoms with E-state index in [9.17, 15) is 0 Å². The van der Waals surface area contributed by atoms with Crippen LogP contribution in [0.2, 0.25) is 0 Å². The van der Waals surface area contributed by atoms with Crippen molar-refractivity contribution in [1.29, 1.82) is 0 Å². The second kappa shape index (κ2) is 11.2. The topological polar surface area (TPSA) is 57.9 Å². The van der Waals surface area contributed by atoms with Crippen LogP contribution < -0.4 is 19.0 Å². The van der Waals surface area contributed by atoms with E-state index in [2.05, 4.69) is 35.7 Å². The predicted octanol–water partition coefficient (Wildman–Crippen LogP) is 6.26. The van der Waals surface area contributed by atoms with Crippen LogP contribution in [-0.2, 0) is 0 Å². The molecule has 6 nitrogen and oxygen atoms in total. The molecule has 172 valence electrons. The van der Waals surface area contributed by atoms with Crippen LogP contribution in [0.1, 0.15) is 46.1 Å². The highest BCUT2D eigenvalue weighted by Crippen LogP contribution is 2.41. The molecule has 0 aliphatic heterocycles. The lowest BCUT2D eigenvalue weighted by Gasteiger charge is -2.19. The Kier molecular flexibility index (Phi) is 8.33. The van der Waals surface area contributed by atoms with Gasteiger partial charge in [-0.25, -0.2) is 4.99 Å². The normalized spacial score (nSPS) is 12.8. The van der Waals surface area contributed by atoms with Crippen molar-refractivity contribution in [3.8, 4) is 28.5 Å². The second-order valence-electron chi connectivity index (χ2n) is 8.18. The molecular weight excluding hydrogens is 422 g/mol. The van der Waals surface area contributed by atoms with Gasteiger partial charge in [-0.3, -0.25) is 4.98 Å². The molecule has 2 aromatic heterocycles. The SMILES string of the molecule is COc1cc(-c2csc(=Nc3cccnc3)n2C(C)CCCC(C)C)cc(OC)c1OC. The van der Waals surface area contributed by atoms with Gasteiger partial charge in [0.05, 0.1) is 38.9 Å². The average molecular weight is 456 g/mol. The highest BCUT2D eigenvalue weighted by molar-refractivity contribution is 7.07. The maximum atomic E-state index is 5.59. The van der Waals surface area contributed by atoms with Gasteiger partial charge in [0.15, 0.2) is 16.3 Å². The van der Waals surface area contributed by atoms with Crippen LogP contribution in [0.5, 0.6) is 17.2 Å². The Morgan fingerprint density at radius 1 is 1.03 bits per heavy atom. The molecule has 0 aliphatic rings. The number of pyridine rings is 1. The van der Waals surface area contributed by atoms with Crippen LogP contribution in [0.3, 0.4) is 0 Å². The molecule has 1 unspecified atom stereocenters. The number of aromatic nitrogens is 2. The number of hydrogen-bond acceptors (Lipinski definition) is 6. The molecule has 0 spiro atoms. The summed E-state index contributed by atoms with van der Waals surface area (Å²) in [5.74, 6) is 2.56. The van der Waals surface area contributed by atoms with Crippen molar-refractivity contribution >= 4 is 17.0 Å². The van der Waals surface area contributed by atoms with Gasteiger partial charge in [-0.05, 0) is 43.5 Å². The summed E-state index contributed by atoms with van der Waals surface area (Å²) in [5, 5.41) is 2.15. The van der Waals surface area contributed by atoms with E-state index in [0.29, 0.717) is 23.2 Å². The van der Waals surface area contributed by atoms with Crippen molar-refractivity contribution in [3.05, 3.63) is 46.8 Å². The zero-order chi connectivity index (χ0) is 23.1. The smallest absolute Gasteiger partial charge is 0.203 e. The van der Waals surface area contributed by atoms with Crippen molar-refractivity contribution in [1.82, 2.24) is 9.55 Å². The standard InChI is InChI=1S/C25H33N3O3S/c1-17(2)9-7-10-18(3)28-21(16-32-25(28)27-20-11-8-12-26-15-20)19-13-22(29-4)24(31-6)23(14-19)30-5/h8,11-18H,7,9-10H2,1-6H3. The Balaban J connectivity index is 2.13. The van der Waals surface area contributed by atoms with E-state index < -0.39 is 0 Å². The third kappa shape index (κ3) is 5.51. The second-order valence-corrected chi connectivity index (χ2v) is 9.02. The largest absolute Gasteiger partial charge is 0.493 e. The summed E-state index contributed by atoms with van der Waals surface area (Å²) in [6, 6.07) is 8.15. The molecule has 32 heavy (non-hydrogen) atoms. The average Bonchev–Trinajstić information content (AvgIpc) is 3.21. The Labute approximate surface area is 194 Å². The van der Waals surface area contributed by atoms with Gasteiger partial charge in [0.2, 0.25) is 5.75 Å². The van der Waals surface area contributed by atoms with E-state index in [1.54, 1.807) is 45.1 Å². The minimum absolute atomic E-state index is 0.282. The maximum Gasteiger partial charge on any atom is 0.203 e. The van der Waals surface area contributed by atoms with Crippen LogP contribution in [0.15, 0.2) is 47.0 Å². The van der Waals surface area contributed by atoms with E-state index in [1.165, 1.54) is 12.8 Å². The lowest BCUT2D eigenvalue weighted by molar-refractivity contribution is 0.324. The first kappa shape index (κ1) is 23.9. The van der Waals surface area contributed by atoms with Crippen LogP contribution in [-0.4, -0.2) is 30.9 Å². The van der Waals surface area contributed by atoms with Crippen LogP contribution in [0, 0.1) is 5.92 Å². The zero-order valence-electron chi connectivity index (χ0n) is 19.8. The van der Waals surface area contributed by atoms with Gasteiger partial charge in [-0.1, -0.05) is 26.7 Å². The summed E-state index contributed by atoms with van der Waals surface area (Å²) in [5.41, 5.74) is 2.92. The minimum atomic E-state index is 0.282. The fourth-order valence-electron chi connectivity index (χ4n) is 3.75. The first-order valence-corrected chi connectivity index (χ1v) is 11.8. The number of methoxy groups -OCH3 is 3. The molecule has 0 fully saturated rings. The number of nitrogens with zero attached hydrogens (tertiary/aromatic N) is 3. The highest BCUT2D eigenvalue weighted by Gasteiger charge is 2.19. The zero-order valence-corrected chi connectivity index (χ0v) is 20.6. The first-order chi connectivity index (χ1) is 15.5. The molecule has 0 saturated carbocycles. The summed E-state index contributed by atoms with van der Waals surface area (Å²) in [6.07, 6.45) is 7.00. The number of thiazole rings is 1. The van der Waals surface area contributed by atoms with Crippen molar-refractivity contribution in [2.24, 2.45) is 10.9 Å². The lowest BCUT2D eigenvalue weighted by atomic mass is 10.0. The van der Waals surface area contributed by atoms with Gasteiger partial charge in [0.1, 0.15) is 0 Å². The third-order valence-corrected chi connectivity index (χ3v) is 6.26. The van der Waals surface area contributed by atoms with Crippen LogP contribution >= 0.6 is 11.3 Å². The molecular formula is C25H33N3O3S. The van der Waals surface area contributed by atoms with E-state index in [1.807, 2.05) is 24.3 Å². The minimum Gasteiger partial charge on any atom is -0.493 e. The van der Waals surface area contributed by atoms with Gasteiger partial charge >= 0.3 is 0 Å². The van der Waals surface area contributed by atoms with E-state index >= 15 is 0 Å². The molecule has 1 aromatic carbocycles. The molecule has 0 aliphatic carbocycles. The Bertz CT molecular complexity index is 1050. The molecule has 3 aromatic rings. The van der Waals surface area contributed by atoms with Gasteiger partial charge in [0.25, 0.3) is 0 Å². The Hall–Kier alpha value is -2.80. The number of rotatable bonds is 10. The van der Waals surface area contributed by atoms with Crippen molar-refractivity contribution < 1.29 is 14.2 Å². The molecule has 7 heteroatoms. The first-order valence-electron chi connectivity index (χ1n) is 10.9. The monoisotopic (exact) mass is 455 g/mol. The molecule has 0 N–H and O–H groups in total. The molecule has 0 radical (unpaired) electrons. The van der Waals surface area contributed by atoms with E-state index in [0.717, 1.165) is 28.2 Å². The molecule has 0 amide bonds. The van der Waals surface area contributed by atoms with Crippen molar-refractivity contribution in [2.75, 3.05) is 21.3 Å². The number of benzene rings is 1. The molecule has 2 heterocycles. The summed E-state index contributed by atoms with van der Waals surface area (Å²) in [4.78, 5) is 10.1. The quantitative estimate of drug-likeness (QED) is 0.362. The van der Waals surface area contributed by atoms with Gasteiger partial charge < -0.3 is 18.8 Å². The molecule has 0 saturated heterocycles. The fraction of sp³-hybridized carbons (Fsp3) is 0.440. The summed E-state index contributed by atoms with van der Waals surface area (Å²) in [6.45, 7) is 6.80. The summed E-state index contributed by atoms with van der Waals surface area (Å²) >= 11 is 1.63. The predicted molar refractivity (Wildman–Crippen MR) is 130 cm³/mol. The Morgan fingerprint density at radius 3 is 2.31 bits per heavy atom. The number of ether oxygens (including phenoxy) is 3. The number of hydrogen-bond donors (Lipinski definition) is 0. The van der Waals surface area contributed by atoms with Crippen molar-refractivity contribution in [3.63, 3.8) is 0 Å². The van der Waals surface area contributed by atoms with Gasteiger partial charge in [0, 0.05) is 23.2 Å². The third-order valence-electron chi connectivity index (χ3n) is 5.42. The Morgan fingerprint density at radius 2 is 1.75 bits per heavy atom. The van der Waals surface area contributed by atoms with Crippen LogP contribution in [0.25, 0.3) is 11.3 Å². The summed E-state index contributed by atoms with van der Waals surface area (Å²) < 4.78 is 19.0. The molecule has 1 atom stereocenters. The summed E-state index contributed by atoms with van der Waals surface area (Å²) in [7, 11) is 4.90. The van der Waals surface area contributed by atoms with E-state index in [4.69, 9.17) is 19.2 Å². The lowest BCUT2D eigenvalue weighted by Crippen LogP contribution is -2.20. The molecule has 3 rings (SSSR count).